The van der Waals surface area contributed by atoms with Crippen LogP contribution in [0.4, 0.5) is 38.0 Å². The van der Waals surface area contributed by atoms with E-state index in [-0.39, 0.29) is 30.2 Å². The fourth-order valence-corrected chi connectivity index (χ4v) is 6.85. The second-order valence-electron chi connectivity index (χ2n) is 11.5. The molecule has 0 radical (unpaired) electrons. The highest BCUT2D eigenvalue weighted by molar-refractivity contribution is 5.62. The van der Waals surface area contributed by atoms with Gasteiger partial charge in [0.25, 0.3) is 5.95 Å². The molecule has 1 aromatic heterocycles. The molecule has 0 amide bonds. The van der Waals surface area contributed by atoms with Gasteiger partial charge < -0.3 is 9.80 Å². The van der Waals surface area contributed by atoms with E-state index in [0.717, 1.165) is 62.2 Å². The summed E-state index contributed by atoms with van der Waals surface area (Å²) in [4.78, 5) is 4.16. The molecule has 2 aliphatic carbocycles. The topological polar surface area (TPSA) is 60.9 Å². The smallest absolute Gasteiger partial charge is 0.371 e. The van der Waals surface area contributed by atoms with Gasteiger partial charge in [0.1, 0.15) is 0 Å². The first-order valence-corrected chi connectivity index (χ1v) is 14.3. The van der Waals surface area contributed by atoms with Gasteiger partial charge in [-0.05, 0) is 103 Å². The lowest BCUT2D eigenvalue weighted by molar-refractivity contribution is -0.143. The minimum Gasteiger partial charge on any atom is -0.371 e. The number of aryl methyl sites for hydroxylation is 2. The van der Waals surface area contributed by atoms with Crippen LogP contribution in [0, 0.1) is 5.92 Å². The Kier molecular flexibility index (Phi) is 7.35. The highest BCUT2D eigenvalue weighted by Gasteiger charge is 2.38. The standard InChI is InChI=1S/C29H32F6N6/c30-28(31,32)22-11-19(12-23(15-22)29(33,34)35)17-41(27-36-38-39-37-27)25-9-4-10-40(16-18-5-1-2-6-18)26-14-21-8-3-7-20(21)13-24(25)26/h11-15,18,25H,1-10,16-17H2,(H,36,37,38,39)/t25-/m0/s1. The van der Waals surface area contributed by atoms with Crippen LogP contribution in [0.5, 0.6) is 0 Å². The monoisotopic (exact) mass is 578 g/mol. The first-order valence-electron chi connectivity index (χ1n) is 14.3. The van der Waals surface area contributed by atoms with Crippen LogP contribution in [-0.2, 0) is 31.7 Å². The zero-order valence-electron chi connectivity index (χ0n) is 22.5. The van der Waals surface area contributed by atoms with Crippen LogP contribution >= 0.6 is 0 Å². The van der Waals surface area contributed by atoms with Gasteiger partial charge in [0.15, 0.2) is 0 Å². The Hall–Kier alpha value is -3.31. The van der Waals surface area contributed by atoms with E-state index in [1.54, 1.807) is 4.90 Å². The largest absolute Gasteiger partial charge is 0.416 e. The normalized spacial score (nSPS) is 19.8. The Balaban J connectivity index is 1.43. The number of anilines is 2. The molecule has 0 bridgehead atoms. The van der Waals surface area contributed by atoms with Crippen LogP contribution in [0.15, 0.2) is 30.3 Å². The van der Waals surface area contributed by atoms with Crippen LogP contribution in [0.1, 0.15) is 84.4 Å². The van der Waals surface area contributed by atoms with Crippen molar-refractivity contribution in [3.63, 3.8) is 0 Å². The van der Waals surface area contributed by atoms with Gasteiger partial charge in [-0.15, -0.1) is 5.10 Å². The third-order valence-electron chi connectivity index (χ3n) is 8.77. The number of nitrogens with zero attached hydrogens (tertiary/aromatic N) is 5. The predicted molar refractivity (Wildman–Crippen MR) is 141 cm³/mol. The fourth-order valence-electron chi connectivity index (χ4n) is 6.85. The van der Waals surface area contributed by atoms with Crippen molar-refractivity contribution in [3.8, 4) is 0 Å². The fraction of sp³-hybridized carbons (Fsp3) is 0.552. The molecule has 1 aliphatic heterocycles. The number of tetrazole rings is 1. The summed E-state index contributed by atoms with van der Waals surface area (Å²) in [7, 11) is 0. The van der Waals surface area contributed by atoms with Gasteiger partial charge >= 0.3 is 12.4 Å². The molecule has 1 N–H and O–H groups in total. The number of hydrogen-bond donors (Lipinski definition) is 1. The predicted octanol–water partition coefficient (Wildman–Crippen LogP) is 7.26. The zero-order valence-corrected chi connectivity index (χ0v) is 22.5. The number of fused-ring (bicyclic) bond motifs is 2. The summed E-state index contributed by atoms with van der Waals surface area (Å²) in [6.45, 7) is 1.54. The van der Waals surface area contributed by atoms with Crippen molar-refractivity contribution in [1.29, 1.82) is 0 Å². The Morgan fingerprint density at radius 3 is 2.15 bits per heavy atom. The number of aromatic nitrogens is 4. The zero-order chi connectivity index (χ0) is 28.8. The SMILES string of the molecule is FC(F)(F)c1cc(CN(c2nn[nH]n2)[C@H]2CCCN(CC3CCCC3)c3cc4c(cc32)CCC4)cc(C(F)(F)F)c1. The van der Waals surface area contributed by atoms with Gasteiger partial charge in [0.2, 0.25) is 0 Å². The highest BCUT2D eigenvalue weighted by atomic mass is 19.4. The van der Waals surface area contributed by atoms with E-state index in [0.29, 0.717) is 12.3 Å². The summed E-state index contributed by atoms with van der Waals surface area (Å²) in [5.41, 5.74) is 1.91. The molecule has 6 nitrogen and oxygen atoms in total. The average Bonchev–Trinajstić information content (AvgIpc) is 3.69. The minimum atomic E-state index is -4.93. The van der Waals surface area contributed by atoms with Crippen LogP contribution < -0.4 is 9.80 Å². The number of alkyl halides is 6. The number of halogens is 6. The summed E-state index contributed by atoms with van der Waals surface area (Å²) in [6.07, 6.45) is -0.517. The molecule has 220 valence electrons. The van der Waals surface area contributed by atoms with E-state index in [2.05, 4.69) is 37.7 Å². The second-order valence-corrected chi connectivity index (χ2v) is 11.5. The number of H-pyrrole nitrogens is 1. The van der Waals surface area contributed by atoms with Crippen LogP contribution in [0.25, 0.3) is 0 Å². The van der Waals surface area contributed by atoms with Crippen LogP contribution in [0.3, 0.4) is 0 Å². The van der Waals surface area contributed by atoms with E-state index in [1.807, 2.05) is 0 Å². The lowest BCUT2D eigenvalue weighted by atomic mass is 9.94. The summed E-state index contributed by atoms with van der Waals surface area (Å²) in [5, 5.41) is 14.3. The molecule has 2 aromatic carbocycles. The van der Waals surface area contributed by atoms with Gasteiger partial charge in [0, 0.05) is 25.3 Å². The molecule has 1 atom stereocenters. The minimum absolute atomic E-state index is 0.119. The molecule has 3 aliphatic rings. The van der Waals surface area contributed by atoms with Crippen molar-refractivity contribution in [2.45, 2.75) is 82.7 Å². The van der Waals surface area contributed by atoms with Crippen molar-refractivity contribution in [2.24, 2.45) is 5.92 Å². The molecule has 12 heteroatoms. The van der Waals surface area contributed by atoms with E-state index in [1.165, 1.54) is 36.8 Å². The molecule has 3 aromatic rings. The molecule has 2 heterocycles. The molecule has 41 heavy (non-hydrogen) atoms. The van der Waals surface area contributed by atoms with Crippen molar-refractivity contribution < 1.29 is 26.3 Å². The van der Waals surface area contributed by atoms with Gasteiger partial charge in [0.05, 0.1) is 17.2 Å². The van der Waals surface area contributed by atoms with Crippen LogP contribution in [-0.4, -0.2) is 33.7 Å². The van der Waals surface area contributed by atoms with Gasteiger partial charge in [-0.3, -0.25) is 0 Å². The lowest BCUT2D eigenvalue weighted by Gasteiger charge is -2.33. The summed E-state index contributed by atoms with van der Waals surface area (Å²) in [5.74, 6) is 0.753. The van der Waals surface area contributed by atoms with E-state index in [4.69, 9.17) is 0 Å². The maximum absolute atomic E-state index is 13.7. The maximum atomic E-state index is 13.7. The Morgan fingerprint density at radius 1 is 0.829 bits per heavy atom. The molecule has 6 rings (SSSR count). The summed E-state index contributed by atoms with van der Waals surface area (Å²) in [6, 6.07) is 5.85. The number of benzene rings is 2. The first-order chi connectivity index (χ1) is 19.6. The first kappa shape index (κ1) is 27.8. The van der Waals surface area contributed by atoms with E-state index < -0.39 is 23.5 Å². The molecule has 0 spiro atoms. The third-order valence-corrected chi connectivity index (χ3v) is 8.77. The maximum Gasteiger partial charge on any atom is 0.416 e. The number of nitrogens with one attached hydrogen (secondary N) is 1. The van der Waals surface area contributed by atoms with Gasteiger partial charge in [-0.2, -0.15) is 31.6 Å². The number of hydrogen-bond acceptors (Lipinski definition) is 5. The third kappa shape index (κ3) is 5.88. The molecular formula is C29H32F6N6. The summed E-state index contributed by atoms with van der Waals surface area (Å²) < 4.78 is 82.0. The van der Waals surface area contributed by atoms with Crippen molar-refractivity contribution >= 4 is 11.6 Å². The Morgan fingerprint density at radius 2 is 1.51 bits per heavy atom. The van der Waals surface area contributed by atoms with Crippen molar-refractivity contribution in [3.05, 3.63) is 63.7 Å². The van der Waals surface area contributed by atoms with E-state index >= 15 is 0 Å². The molecule has 0 saturated heterocycles. The summed E-state index contributed by atoms with van der Waals surface area (Å²) >= 11 is 0. The van der Waals surface area contributed by atoms with Crippen molar-refractivity contribution in [1.82, 2.24) is 20.6 Å². The Bertz CT molecular complexity index is 1330. The molecule has 1 saturated carbocycles. The average molecular weight is 579 g/mol. The Labute approximate surface area is 234 Å². The second kappa shape index (κ2) is 10.8. The van der Waals surface area contributed by atoms with Crippen molar-refractivity contribution in [2.75, 3.05) is 22.9 Å². The number of aromatic amines is 1. The molecule has 1 fully saturated rings. The quantitative estimate of drug-likeness (QED) is 0.312. The van der Waals surface area contributed by atoms with Gasteiger partial charge in [-0.25, -0.2) is 0 Å². The lowest BCUT2D eigenvalue weighted by Crippen LogP contribution is -2.31. The van der Waals surface area contributed by atoms with Gasteiger partial charge in [-0.1, -0.05) is 24.0 Å². The molecular weight excluding hydrogens is 546 g/mol. The highest BCUT2D eigenvalue weighted by Crippen LogP contribution is 2.43. The van der Waals surface area contributed by atoms with E-state index in [9.17, 15) is 26.3 Å². The number of rotatable bonds is 6. The van der Waals surface area contributed by atoms with Crippen LogP contribution in [0.2, 0.25) is 0 Å². The molecule has 0 unspecified atom stereocenters.